The van der Waals surface area contributed by atoms with Crippen molar-refractivity contribution >= 4 is 41.3 Å². The number of amides is 1. The number of hydrogen-bond donors (Lipinski definition) is 2. The molecule has 0 bridgehead atoms. The largest absolute Gasteiger partial charge is 0.344 e. The molecule has 2 atom stereocenters. The molecule has 0 aliphatic heterocycles. The van der Waals surface area contributed by atoms with E-state index in [9.17, 15) is 4.79 Å². The van der Waals surface area contributed by atoms with Crippen molar-refractivity contribution in [1.29, 1.82) is 0 Å². The molecular weight excluding hydrogens is 339 g/mol. The van der Waals surface area contributed by atoms with Crippen LogP contribution in [0.15, 0.2) is 41.8 Å². The first-order valence-corrected chi connectivity index (χ1v) is 8.11. The predicted molar refractivity (Wildman–Crippen MR) is 96.1 cm³/mol. The number of benzene rings is 1. The van der Waals surface area contributed by atoms with E-state index in [4.69, 9.17) is 11.6 Å². The summed E-state index contributed by atoms with van der Waals surface area (Å²) < 4.78 is 0. The normalized spacial score (nSPS) is 13.0. The van der Waals surface area contributed by atoms with E-state index in [1.807, 2.05) is 55.7 Å². The molecule has 0 aliphatic rings. The van der Waals surface area contributed by atoms with E-state index in [1.54, 1.807) is 11.3 Å². The fourth-order valence-corrected chi connectivity index (χ4v) is 3.04. The van der Waals surface area contributed by atoms with E-state index in [1.165, 1.54) is 0 Å². The Morgan fingerprint density at radius 1 is 1.27 bits per heavy atom. The zero-order valence-electron chi connectivity index (χ0n) is 12.5. The van der Waals surface area contributed by atoms with Crippen molar-refractivity contribution in [3.63, 3.8) is 0 Å². The van der Waals surface area contributed by atoms with Crippen molar-refractivity contribution in [1.82, 2.24) is 10.6 Å². The number of carbonyl (C=O) groups excluding carboxylic acids is 1. The molecular formula is C16H20Cl2N2OS. The molecule has 0 fully saturated rings. The number of thiophene rings is 1. The van der Waals surface area contributed by atoms with E-state index >= 15 is 0 Å². The summed E-state index contributed by atoms with van der Waals surface area (Å²) in [5.74, 6) is -0.0394. The molecule has 1 amide bonds. The Balaban J connectivity index is 0.00000242. The minimum atomic E-state index is -0.130. The average molecular weight is 359 g/mol. The number of carbonyl (C=O) groups is 1. The van der Waals surface area contributed by atoms with Gasteiger partial charge in [0, 0.05) is 22.4 Å². The highest BCUT2D eigenvalue weighted by Gasteiger charge is 2.20. The fraction of sp³-hybridized carbons (Fsp3) is 0.312. The molecule has 1 aromatic carbocycles. The van der Waals surface area contributed by atoms with Gasteiger partial charge in [0.2, 0.25) is 5.91 Å². The monoisotopic (exact) mass is 358 g/mol. The third kappa shape index (κ3) is 4.99. The van der Waals surface area contributed by atoms with Crippen LogP contribution in [0, 0.1) is 5.92 Å². The van der Waals surface area contributed by atoms with Gasteiger partial charge in [-0.2, -0.15) is 0 Å². The Bertz CT molecular complexity index is 572. The lowest BCUT2D eigenvalue weighted by Crippen LogP contribution is -2.36. The average Bonchev–Trinajstić information content (AvgIpc) is 3.00. The highest BCUT2D eigenvalue weighted by molar-refractivity contribution is 7.10. The Kier molecular flexibility index (Phi) is 7.90. The minimum Gasteiger partial charge on any atom is -0.344 e. The van der Waals surface area contributed by atoms with Gasteiger partial charge >= 0.3 is 0 Å². The van der Waals surface area contributed by atoms with Crippen LogP contribution in [0.2, 0.25) is 5.02 Å². The van der Waals surface area contributed by atoms with Gasteiger partial charge < -0.3 is 10.6 Å². The standard InChI is InChI=1S/C16H19ClN2OS.ClH/c1-11(10-18-2)16(20)19-15(14-4-3-9-21-14)12-5-7-13(17)8-6-12;/h3-9,11,15,18H,10H2,1-2H3,(H,19,20);1H. The Morgan fingerprint density at radius 2 is 1.95 bits per heavy atom. The molecule has 6 heteroatoms. The first kappa shape index (κ1) is 19.0. The Labute approximate surface area is 146 Å². The summed E-state index contributed by atoms with van der Waals surface area (Å²) in [7, 11) is 1.85. The van der Waals surface area contributed by atoms with Gasteiger partial charge in [-0.1, -0.05) is 36.7 Å². The van der Waals surface area contributed by atoms with Gasteiger partial charge in [-0.05, 0) is 36.2 Å². The van der Waals surface area contributed by atoms with Crippen molar-refractivity contribution < 1.29 is 4.79 Å². The van der Waals surface area contributed by atoms with Crippen LogP contribution in [0.3, 0.4) is 0 Å². The van der Waals surface area contributed by atoms with Crippen LogP contribution in [0.5, 0.6) is 0 Å². The summed E-state index contributed by atoms with van der Waals surface area (Å²) in [6.07, 6.45) is 0. The van der Waals surface area contributed by atoms with Crippen molar-refractivity contribution in [2.75, 3.05) is 13.6 Å². The summed E-state index contributed by atoms with van der Waals surface area (Å²) in [4.78, 5) is 13.4. The van der Waals surface area contributed by atoms with Gasteiger partial charge in [-0.3, -0.25) is 4.79 Å². The zero-order chi connectivity index (χ0) is 15.2. The maximum absolute atomic E-state index is 12.3. The van der Waals surface area contributed by atoms with Gasteiger partial charge in [-0.15, -0.1) is 23.7 Å². The molecule has 1 aromatic heterocycles. The van der Waals surface area contributed by atoms with E-state index in [2.05, 4.69) is 10.6 Å². The molecule has 0 aliphatic carbocycles. The quantitative estimate of drug-likeness (QED) is 0.822. The Morgan fingerprint density at radius 3 is 2.50 bits per heavy atom. The van der Waals surface area contributed by atoms with E-state index < -0.39 is 0 Å². The van der Waals surface area contributed by atoms with Crippen LogP contribution in [0.25, 0.3) is 0 Å². The van der Waals surface area contributed by atoms with E-state index in [0.717, 1.165) is 10.4 Å². The summed E-state index contributed by atoms with van der Waals surface area (Å²) in [6.45, 7) is 2.57. The van der Waals surface area contributed by atoms with Crippen LogP contribution in [0.4, 0.5) is 0 Å². The highest BCUT2D eigenvalue weighted by atomic mass is 35.5. The van der Waals surface area contributed by atoms with Gasteiger partial charge in [0.1, 0.15) is 0 Å². The number of halogens is 2. The smallest absolute Gasteiger partial charge is 0.224 e. The molecule has 2 unspecified atom stereocenters. The summed E-state index contributed by atoms with van der Waals surface area (Å²) in [5.41, 5.74) is 1.03. The van der Waals surface area contributed by atoms with Crippen LogP contribution < -0.4 is 10.6 Å². The third-order valence-electron chi connectivity index (χ3n) is 3.28. The second-order valence-corrected chi connectivity index (χ2v) is 6.38. The maximum atomic E-state index is 12.3. The molecule has 120 valence electrons. The molecule has 0 spiro atoms. The SMILES string of the molecule is CNCC(C)C(=O)NC(c1ccc(Cl)cc1)c1cccs1.Cl. The first-order chi connectivity index (χ1) is 10.1. The molecule has 0 saturated carbocycles. The summed E-state index contributed by atoms with van der Waals surface area (Å²) in [6, 6.07) is 11.5. The zero-order valence-corrected chi connectivity index (χ0v) is 14.9. The maximum Gasteiger partial charge on any atom is 0.224 e. The molecule has 1 heterocycles. The molecule has 0 saturated heterocycles. The second-order valence-electron chi connectivity index (χ2n) is 4.97. The van der Waals surface area contributed by atoms with E-state index in [0.29, 0.717) is 11.6 Å². The van der Waals surface area contributed by atoms with Gasteiger partial charge in [0.25, 0.3) is 0 Å². The first-order valence-electron chi connectivity index (χ1n) is 6.85. The third-order valence-corrected chi connectivity index (χ3v) is 4.46. The molecule has 22 heavy (non-hydrogen) atoms. The highest BCUT2D eigenvalue weighted by Crippen LogP contribution is 2.27. The lowest BCUT2D eigenvalue weighted by atomic mass is 10.0. The van der Waals surface area contributed by atoms with Crippen molar-refractivity contribution in [2.24, 2.45) is 5.92 Å². The van der Waals surface area contributed by atoms with E-state index in [-0.39, 0.29) is 30.3 Å². The molecule has 2 rings (SSSR count). The molecule has 2 N–H and O–H groups in total. The molecule has 3 nitrogen and oxygen atoms in total. The van der Waals surface area contributed by atoms with Crippen LogP contribution in [-0.4, -0.2) is 19.5 Å². The number of rotatable bonds is 6. The lowest BCUT2D eigenvalue weighted by Gasteiger charge is -2.20. The molecule has 2 aromatic rings. The van der Waals surface area contributed by atoms with Gasteiger partial charge in [-0.25, -0.2) is 0 Å². The molecule has 0 radical (unpaired) electrons. The summed E-state index contributed by atoms with van der Waals surface area (Å²) >= 11 is 7.58. The Hall–Kier alpha value is -1.07. The second kappa shape index (κ2) is 9.16. The van der Waals surface area contributed by atoms with Gasteiger partial charge in [0.05, 0.1) is 6.04 Å². The minimum absolute atomic E-state index is 0. The topological polar surface area (TPSA) is 41.1 Å². The van der Waals surface area contributed by atoms with Crippen molar-refractivity contribution in [3.05, 3.63) is 57.2 Å². The lowest BCUT2D eigenvalue weighted by molar-refractivity contribution is -0.124. The van der Waals surface area contributed by atoms with Gasteiger partial charge in [0.15, 0.2) is 0 Å². The number of nitrogens with one attached hydrogen (secondary N) is 2. The van der Waals surface area contributed by atoms with Crippen LogP contribution >= 0.6 is 35.3 Å². The van der Waals surface area contributed by atoms with Crippen molar-refractivity contribution in [3.8, 4) is 0 Å². The predicted octanol–water partition coefficient (Wildman–Crippen LogP) is 3.88. The fourth-order valence-electron chi connectivity index (χ4n) is 2.11. The number of hydrogen-bond acceptors (Lipinski definition) is 3. The van der Waals surface area contributed by atoms with Crippen LogP contribution in [-0.2, 0) is 4.79 Å². The summed E-state index contributed by atoms with van der Waals surface area (Å²) in [5, 5.41) is 8.86. The van der Waals surface area contributed by atoms with Crippen molar-refractivity contribution in [2.45, 2.75) is 13.0 Å². The van der Waals surface area contributed by atoms with Crippen LogP contribution in [0.1, 0.15) is 23.4 Å².